The van der Waals surface area contributed by atoms with E-state index in [1.807, 2.05) is 6.20 Å². The Labute approximate surface area is 120 Å². The highest BCUT2D eigenvalue weighted by atomic mass is 15.2. The monoisotopic (exact) mass is 270 g/mol. The van der Waals surface area contributed by atoms with Crippen molar-refractivity contribution in [3.63, 3.8) is 0 Å². The molecule has 3 rings (SSSR count). The highest BCUT2D eigenvalue weighted by Crippen LogP contribution is 2.33. The number of benzene rings is 1. The van der Waals surface area contributed by atoms with Crippen molar-refractivity contribution in [2.45, 2.75) is 6.92 Å². The molecule has 2 aromatic rings. The van der Waals surface area contributed by atoms with Crippen molar-refractivity contribution in [2.24, 2.45) is 0 Å². The number of hydrogen-bond acceptors (Lipinski definition) is 4. The first kappa shape index (κ1) is 13.2. The molecule has 0 radical (unpaired) electrons. The summed E-state index contributed by atoms with van der Waals surface area (Å²) in [6.45, 7) is 6.26. The SMILES string of the molecule is Cc1cnc(N2CCNCC2)c2cccc(N(C)C)c12. The summed E-state index contributed by atoms with van der Waals surface area (Å²) in [4.78, 5) is 9.27. The number of hydrogen-bond donors (Lipinski definition) is 1. The maximum absolute atomic E-state index is 4.71. The second kappa shape index (κ2) is 5.29. The molecule has 2 heterocycles. The first-order valence-electron chi connectivity index (χ1n) is 7.20. The van der Waals surface area contributed by atoms with E-state index >= 15 is 0 Å². The number of pyridine rings is 1. The van der Waals surface area contributed by atoms with Crippen LogP contribution in [0.5, 0.6) is 0 Å². The Morgan fingerprint density at radius 3 is 2.65 bits per heavy atom. The lowest BCUT2D eigenvalue weighted by Gasteiger charge is -2.30. The van der Waals surface area contributed by atoms with Gasteiger partial charge in [-0.3, -0.25) is 0 Å². The number of anilines is 2. The molecule has 1 aromatic heterocycles. The predicted molar refractivity (Wildman–Crippen MR) is 85.9 cm³/mol. The molecule has 20 heavy (non-hydrogen) atoms. The molecule has 0 amide bonds. The van der Waals surface area contributed by atoms with Crippen molar-refractivity contribution in [2.75, 3.05) is 50.1 Å². The van der Waals surface area contributed by atoms with Gasteiger partial charge in [-0.1, -0.05) is 12.1 Å². The van der Waals surface area contributed by atoms with Gasteiger partial charge in [0.25, 0.3) is 0 Å². The molecule has 0 bridgehead atoms. The quantitative estimate of drug-likeness (QED) is 0.904. The Balaban J connectivity index is 2.19. The van der Waals surface area contributed by atoms with E-state index in [1.165, 1.54) is 22.0 Å². The molecule has 1 fully saturated rings. The molecule has 4 heteroatoms. The summed E-state index contributed by atoms with van der Waals surface area (Å²) in [5.74, 6) is 1.12. The number of nitrogens with one attached hydrogen (secondary N) is 1. The minimum absolute atomic E-state index is 1.03. The van der Waals surface area contributed by atoms with Crippen LogP contribution in [0.15, 0.2) is 24.4 Å². The molecule has 0 saturated carbocycles. The van der Waals surface area contributed by atoms with Crippen LogP contribution in [0.2, 0.25) is 0 Å². The molecular weight excluding hydrogens is 248 g/mol. The van der Waals surface area contributed by atoms with Crippen molar-refractivity contribution >= 4 is 22.3 Å². The van der Waals surface area contributed by atoms with Crippen molar-refractivity contribution in [1.82, 2.24) is 10.3 Å². The predicted octanol–water partition coefficient (Wildman–Crippen LogP) is 2.02. The molecular formula is C16H22N4. The zero-order valence-corrected chi connectivity index (χ0v) is 12.5. The summed E-state index contributed by atoms with van der Waals surface area (Å²) < 4.78 is 0. The van der Waals surface area contributed by atoms with Gasteiger partial charge in [0, 0.05) is 62.9 Å². The molecule has 1 aromatic carbocycles. The van der Waals surface area contributed by atoms with Crippen molar-refractivity contribution in [1.29, 1.82) is 0 Å². The van der Waals surface area contributed by atoms with Gasteiger partial charge in [0.2, 0.25) is 0 Å². The Hall–Kier alpha value is -1.81. The van der Waals surface area contributed by atoms with E-state index in [0.717, 1.165) is 32.0 Å². The lowest BCUT2D eigenvalue weighted by molar-refractivity contribution is 0.586. The summed E-state index contributed by atoms with van der Waals surface area (Å²) in [5.41, 5.74) is 2.50. The van der Waals surface area contributed by atoms with Gasteiger partial charge in [0.1, 0.15) is 5.82 Å². The highest BCUT2D eigenvalue weighted by molar-refractivity contribution is 6.02. The van der Waals surface area contributed by atoms with Crippen LogP contribution < -0.4 is 15.1 Å². The van der Waals surface area contributed by atoms with Gasteiger partial charge < -0.3 is 15.1 Å². The van der Waals surface area contributed by atoms with Crippen LogP contribution in [0.1, 0.15) is 5.56 Å². The number of aryl methyl sites for hydroxylation is 1. The summed E-state index contributed by atoms with van der Waals surface area (Å²) in [5, 5.41) is 5.98. The fourth-order valence-electron chi connectivity index (χ4n) is 2.93. The third kappa shape index (κ3) is 2.20. The largest absolute Gasteiger partial charge is 0.377 e. The van der Waals surface area contributed by atoms with Crippen molar-refractivity contribution in [3.8, 4) is 0 Å². The molecule has 0 atom stereocenters. The Bertz CT molecular complexity index is 615. The fraction of sp³-hybridized carbons (Fsp3) is 0.438. The maximum Gasteiger partial charge on any atom is 0.136 e. The molecule has 4 nitrogen and oxygen atoms in total. The van der Waals surface area contributed by atoms with Gasteiger partial charge in [-0.2, -0.15) is 0 Å². The summed E-state index contributed by atoms with van der Waals surface area (Å²) in [6, 6.07) is 6.50. The van der Waals surface area contributed by atoms with Crippen LogP contribution >= 0.6 is 0 Å². The Morgan fingerprint density at radius 1 is 1.20 bits per heavy atom. The third-order valence-corrected chi connectivity index (χ3v) is 3.96. The lowest BCUT2D eigenvalue weighted by Crippen LogP contribution is -2.44. The van der Waals surface area contributed by atoms with Crippen molar-refractivity contribution in [3.05, 3.63) is 30.0 Å². The fourth-order valence-corrected chi connectivity index (χ4v) is 2.93. The van der Waals surface area contributed by atoms with Gasteiger partial charge in [0.05, 0.1) is 0 Å². The van der Waals surface area contributed by atoms with Gasteiger partial charge in [-0.25, -0.2) is 4.98 Å². The average molecular weight is 270 g/mol. The summed E-state index contributed by atoms with van der Waals surface area (Å²) in [7, 11) is 4.19. The topological polar surface area (TPSA) is 31.4 Å². The van der Waals surface area contributed by atoms with E-state index in [1.54, 1.807) is 0 Å². The lowest BCUT2D eigenvalue weighted by atomic mass is 10.0. The molecule has 0 unspecified atom stereocenters. The zero-order valence-electron chi connectivity index (χ0n) is 12.5. The summed E-state index contributed by atoms with van der Waals surface area (Å²) >= 11 is 0. The van der Waals surface area contributed by atoms with E-state index in [-0.39, 0.29) is 0 Å². The van der Waals surface area contributed by atoms with E-state index in [0.29, 0.717) is 0 Å². The summed E-state index contributed by atoms with van der Waals surface area (Å²) in [6.07, 6.45) is 2.01. The van der Waals surface area contributed by atoms with Crippen molar-refractivity contribution < 1.29 is 0 Å². The maximum atomic E-state index is 4.71. The zero-order chi connectivity index (χ0) is 14.1. The van der Waals surface area contributed by atoms with Gasteiger partial charge in [-0.05, 0) is 18.6 Å². The molecule has 1 aliphatic rings. The van der Waals surface area contributed by atoms with E-state index < -0.39 is 0 Å². The van der Waals surface area contributed by atoms with E-state index in [9.17, 15) is 0 Å². The number of piperazine rings is 1. The van der Waals surface area contributed by atoms with Crippen LogP contribution in [0.25, 0.3) is 10.8 Å². The molecule has 1 N–H and O–H groups in total. The second-order valence-electron chi connectivity index (χ2n) is 5.60. The first-order chi connectivity index (χ1) is 9.68. The highest BCUT2D eigenvalue weighted by Gasteiger charge is 2.17. The van der Waals surface area contributed by atoms with Crippen LogP contribution in [-0.2, 0) is 0 Å². The number of rotatable bonds is 2. The molecule has 0 aliphatic carbocycles. The van der Waals surface area contributed by atoms with E-state index in [2.05, 4.69) is 54.3 Å². The van der Waals surface area contributed by atoms with Gasteiger partial charge >= 0.3 is 0 Å². The first-order valence-corrected chi connectivity index (χ1v) is 7.20. The minimum Gasteiger partial charge on any atom is -0.377 e. The normalized spacial score (nSPS) is 15.7. The smallest absolute Gasteiger partial charge is 0.136 e. The standard InChI is InChI=1S/C16H22N4/c1-12-11-18-16(20-9-7-17-8-10-20)13-5-4-6-14(15(12)13)19(2)3/h4-6,11,17H,7-10H2,1-3H3. The van der Waals surface area contributed by atoms with Crippen LogP contribution in [0.4, 0.5) is 11.5 Å². The van der Waals surface area contributed by atoms with Crippen LogP contribution in [0, 0.1) is 6.92 Å². The third-order valence-electron chi connectivity index (χ3n) is 3.96. The van der Waals surface area contributed by atoms with E-state index in [4.69, 9.17) is 4.98 Å². The molecule has 1 aliphatic heterocycles. The van der Waals surface area contributed by atoms with Crippen LogP contribution in [0.3, 0.4) is 0 Å². The number of nitrogens with zero attached hydrogens (tertiary/aromatic N) is 3. The molecule has 1 saturated heterocycles. The number of fused-ring (bicyclic) bond motifs is 1. The Kier molecular flexibility index (Phi) is 3.49. The average Bonchev–Trinajstić information content (AvgIpc) is 2.48. The Morgan fingerprint density at radius 2 is 1.95 bits per heavy atom. The molecule has 106 valence electrons. The van der Waals surface area contributed by atoms with Gasteiger partial charge in [0.15, 0.2) is 0 Å². The number of aromatic nitrogens is 1. The van der Waals surface area contributed by atoms with Gasteiger partial charge in [-0.15, -0.1) is 0 Å². The minimum atomic E-state index is 1.03. The molecule has 0 spiro atoms. The second-order valence-corrected chi connectivity index (χ2v) is 5.60. The van der Waals surface area contributed by atoms with Crippen LogP contribution in [-0.4, -0.2) is 45.3 Å².